The lowest BCUT2D eigenvalue weighted by Gasteiger charge is -2.13. The van der Waals surface area contributed by atoms with Crippen molar-refractivity contribution in [3.8, 4) is 0 Å². The summed E-state index contributed by atoms with van der Waals surface area (Å²) < 4.78 is 0. The first-order valence-electron chi connectivity index (χ1n) is 5.69. The van der Waals surface area contributed by atoms with E-state index in [1.54, 1.807) is 6.20 Å². The first-order chi connectivity index (χ1) is 7.27. The van der Waals surface area contributed by atoms with E-state index in [0.717, 1.165) is 12.8 Å². The fourth-order valence-electron chi connectivity index (χ4n) is 1.74. The number of ketones is 1. The summed E-state index contributed by atoms with van der Waals surface area (Å²) in [5.41, 5.74) is 1.25. The molecule has 0 amide bonds. The second-order valence-electron chi connectivity index (χ2n) is 3.82. The number of Topliss-reactive ketones (excluding diaryl/α,β-unsaturated/α-hetero) is 1. The summed E-state index contributed by atoms with van der Waals surface area (Å²) >= 11 is 0. The van der Waals surface area contributed by atoms with Crippen LogP contribution in [0.5, 0.6) is 0 Å². The van der Waals surface area contributed by atoms with Crippen molar-refractivity contribution < 1.29 is 4.79 Å². The summed E-state index contributed by atoms with van der Waals surface area (Å²) in [5.74, 6) is 0.839. The first-order valence-corrected chi connectivity index (χ1v) is 5.69. The zero-order chi connectivity index (χ0) is 11.1. The summed E-state index contributed by atoms with van der Waals surface area (Å²) in [6.45, 7) is 4.08. The largest absolute Gasteiger partial charge is 0.300 e. The van der Waals surface area contributed by atoms with Crippen molar-refractivity contribution in [3.63, 3.8) is 0 Å². The monoisotopic (exact) mass is 205 g/mol. The molecule has 0 N–H and O–H groups in total. The van der Waals surface area contributed by atoms with Gasteiger partial charge in [-0.2, -0.15) is 0 Å². The van der Waals surface area contributed by atoms with Crippen LogP contribution < -0.4 is 0 Å². The Morgan fingerprint density at radius 1 is 1.47 bits per heavy atom. The standard InChI is InChI=1S/C13H19NO/c1-3-11(7-8-13(15)4-2)12-6-5-9-14-10-12/h5-6,9-11H,3-4,7-8H2,1-2H3. The number of nitrogens with zero attached hydrogens (tertiary/aromatic N) is 1. The third kappa shape index (κ3) is 3.82. The molecule has 0 bridgehead atoms. The van der Waals surface area contributed by atoms with E-state index in [-0.39, 0.29) is 0 Å². The first kappa shape index (κ1) is 11.9. The maximum absolute atomic E-state index is 11.2. The quantitative estimate of drug-likeness (QED) is 0.713. The summed E-state index contributed by atoms with van der Waals surface area (Å²) in [6, 6.07) is 4.05. The highest BCUT2D eigenvalue weighted by molar-refractivity contribution is 5.78. The van der Waals surface area contributed by atoms with Crippen molar-refractivity contribution in [2.45, 2.75) is 45.4 Å². The van der Waals surface area contributed by atoms with E-state index in [0.29, 0.717) is 24.5 Å². The second-order valence-corrected chi connectivity index (χ2v) is 3.82. The van der Waals surface area contributed by atoms with Gasteiger partial charge in [0.15, 0.2) is 0 Å². The van der Waals surface area contributed by atoms with Gasteiger partial charge in [0, 0.05) is 25.2 Å². The van der Waals surface area contributed by atoms with Gasteiger partial charge >= 0.3 is 0 Å². The number of hydrogen-bond acceptors (Lipinski definition) is 2. The number of carbonyl (C=O) groups excluding carboxylic acids is 1. The maximum atomic E-state index is 11.2. The normalized spacial score (nSPS) is 12.4. The molecule has 1 aromatic rings. The molecule has 0 saturated carbocycles. The minimum Gasteiger partial charge on any atom is -0.300 e. The molecule has 1 aromatic heterocycles. The topological polar surface area (TPSA) is 30.0 Å². The summed E-state index contributed by atoms with van der Waals surface area (Å²) in [4.78, 5) is 15.4. The van der Waals surface area contributed by atoms with Crippen molar-refractivity contribution in [2.75, 3.05) is 0 Å². The smallest absolute Gasteiger partial charge is 0.132 e. The maximum Gasteiger partial charge on any atom is 0.132 e. The van der Waals surface area contributed by atoms with Crippen LogP contribution in [0.3, 0.4) is 0 Å². The molecule has 2 heteroatoms. The Hall–Kier alpha value is -1.18. The van der Waals surface area contributed by atoms with Crippen LogP contribution in [0, 0.1) is 0 Å². The fraction of sp³-hybridized carbons (Fsp3) is 0.538. The molecule has 0 aliphatic rings. The van der Waals surface area contributed by atoms with Gasteiger partial charge in [-0.1, -0.05) is 19.9 Å². The molecule has 0 radical (unpaired) electrons. The molecule has 1 unspecified atom stereocenters. The van der Waals surface area contributed by atoms with Crippen LogP contribution in [0.15, 0.2) is 24.5 Å². The third-order valence-electron chi connectivity index (χ3n) is 2.81. The predicted molar refractivity (Wildman–Crippen MR) is 61.8 cm³/mol. The number of aromatic nitrogens is 1. The molecule has 0 fully saturated rings. The highest BCUT2D eigenvalue weighted by atomic mass is 16.1. The number of carbonyl (C=O) groups is 1. The summed E-state index contributed by atoms with van der Waals surface area (Å²) in [6.07, 6.45) is 7.07. The van der Waals surface area contributed by atoms with Gasteiger partial charge in [-0.25, -0.2) is 0 Å². The molecule has 0 aliphatic carbocycles. The van der Waals surface area contributed by atoms with E-state index >= 15 is 0 Å². The molecule has 0 aromatic carbocycles. The van der Waals surface area contributed by atoms with Crippen molar-refractivity contribution in [3.05, 3.63) is 30.1 Å². The van der Waals surface area contributed by atoms with Gasteiger partial charge < -0.3 is 0 Å². The van der Waals surface area contributed by atoms with Gasteiger partial charge in [-0.05, 0) is 30.4 Å². The third-order valence-corrected chi connectivity index (χ3v) is 2.81. The average molecular weight is 205 g/mol. The summed E-state index contributed by atoms with van der Waals surface area (Å²) in [5, 5.41) is 0. The van der Waals surface area contributed by atoms with Gasteiger partial charge in [-0.15, -0.1) is 0 Å². The number of rotatable bonds is 6. The van der Waals surface area contributed by atoms with Gasteiger partial charge in [0.25, 0.3) is 0 Å². The van der Waals surface area contributed by atoms with E-state index in [1.165, 1.54) is 5.56 Å². The van der Waals surface area contributed by atoms with Crippen LogP contribution in [-0.4, -0.2) is 10.8 Å². The van der Waals surface area contributed by atoms with E-state index in [4.69, 9.17) is 0 Å². The Morgan fingerprint density at radius 2 is 2.27 bits per heavy atom. The van der Waals surface area contributed by atoms with Crippen LogP contribution in [0.25, 0.3) is 0 Å². The lowest BCUT2D eigenvalue weighted by Crippen LogP contribution is -2.02. The molecule has 2 nitrogen and oxygen atoms in total. The van der Waals surface area contributed by atoms with E-state index in [2.05, 4.69) is 18.0 Å². The average Bonchev–Trinajstić information content (AvgIpc) is 2.31. The molecule has 0 spiro atoms. The lowest BCUT2D eigenvalue weighted by molar-refractivity contribution is -0.118. The predicted octanol–water partition coefficient (Wildman–Crippen LogP) is 3.33. The molecule has 0 saturated heterocycles. The highest BCUT2D eigenvalue weighted by Gasteiger charge is 2.10. The van der Waals surface area contributed by atoms with E-state index in [9.17, 15) is 4.79 Å². The molecular weight excluding hydrogens is 186 g/mol. The van der Waals surface area contributed by atoms with Crippen molar-refractivity contribution in [1.82, 2.24) is 4.98 Å². The van der Waals surface area contributed by atoms with Gasteiger partial charge in [0.2, 0.25) is 0 Å². The molecule has 0 aliphatic heterocycles. The van der Waals surface area contributed by atoms with Crippen molar-refractivity contribution >= 4 is 5.78 Å². The fourth-order valence-corrected chi connectivity index (χ4v) is 1.74. The molecule has 1 rings (SSSR count). The molecule has 1 atom stereocenters. The minimum atomic E-state index is 0.359. The molecule has 82 valence electrons. The molecule has 1 heterocycles. The van der Waals surface area contributed by atoms with Crippen LogP contribution in [0.2, 0.25) is 0 Å². The van der Waals surface area contributed by atoms with Crippen LogP contribution in [-0.2, 0) is 4.79 Å². The summed E-state index contributed by atoms with van der Waals surface area (Å²) in [7, 11) is 0. The molecule has 15 heavy (non-hydrogen) atoms. The number of hydrogen-bond donors (Lipinski definition) is 0. The Kier molecular flexibility index (Phi) is 5.02. The SMILES string of the molecule is CCC(=O)CCC(CC)c1cccnc1. The zero-order valence-electron chi connectivity index (χ0n) is 9.57. The Morgan fingerprint density at radius 3 is 2.80 bits per heavy atom. The van der Waals surface area contributed by atoms with Crippen molar-refractivity contribution in [1.29, 1.82) is 0 Å². The molecular formula is C13H19NO. The Bertz CT molecular complexity index is 295. The van der Waals surface area contributed by atoms with Gasteiger partial charge in [0.05, 0.1) is 0 Å². The Balaban J connectivity index is 2.53. The second kappa shape index (κ2) is 6.33. The van der Waals surface area contributed by atoms with Gasteiger partial charge in [0.1, 0.15) is 5.78 Å². The van der Waals surface area contributed by atoms with Crippen molar-refractivity contribution in [2.24, 2.45) is 0 Å². The lowest BCUT2D eigenvalue weighted by atomic mass is 9.92. The van der Waals surface area contributed by atoms with Crippen LogP contribution >= 0.6 is 0 Å². The van der Waals surface area contributed by atoms with E-state index < -0.39 is 0 Å². The zero-order valence-corrected chi connectivity index (χ0v) is 9.57. The number of pyridine rings is 1. The van der Waals surface area contributed by atoms with E-state index in [1.807, 2.05) is 19.2 Å². The minimum absolute atomic E-state index is 0.359. The highest BCUT2D eigenvalue weighted by Crippen LogP contribution is 2.23. The van der Waals surface area contributed by atoms with Crippen LogP contribution in [0.1, 0.15) is 51.0 Å². The van der Waals surface area contributed by atoms with Crippen LogP contribution in [0.4, 0.5) is 0 Å². The Labute approximate surface area is 91.7 Å². The van der Waals surface area contributed by atoms with Gasteiger partial charge in [-0.3, -0.25) is 9.78 Å².